The van der Waals surface area contributed by atoms with Crippen molar-refractivity contribution in [3.63, 3.8) is 0 Å². The summed E-state index contributed by atoms with van der Waals surface area (Å²) < 4.78 is 2.20. The van der Waals surface area contributed by atoms with Crippen LogP contribution in [0.15, 0.2) is 48.5 Å². The molecular weight excluding hydrogens is 270 g/mol. The lowest BCUT2D eigenvalue weighted by Gasteiger charge is -2.06. The lowest BCUT2D eigenvalue weighted by atomic mass is 10.1. The van der Waals surface area contributed by atoms with E-state index in [1.807, 2.05) is 6.07 Å². The first-order valence-corrected chi connectivity index (χ1v) is 7.90. The molecule has 3 heteroatoms. The Morgan fingerprint density at radius 2 is 1.95 bits per heavy atom. The molecule has 3 aromatic rings. The summed E-state index contributed by atoms with van der Waals surface area (Å²) in [6, 6.07) is 17.0. The SMILES string of the molecule is Cc1cccc(CNCCCc2nc3ccccc3n2C)c1. The van der Waals surface area contributed by atoms with Gasteiger partial charge in [0.2, 0.25) is 0 Å². The smallest absolute Gasteiger partial charge is 0.109 e. The third-order valence-electron chi connectivity index (χ3n) is 4.05. The molecule has 3 nitrogen and oxygen atoms in total. The zero-order chi connectivity index (χ0) is 15.4. The number of hydrogen-bond donors (Lipinski definition) is 1. The van der Waals surface area contributed by atoms with Crippen molar-refractivity contribution in [3.05, 3.63) is 65.5 Å². The Balaban J connectivity index is 1.49. The highest BCUT2D eigenvalue weighted by Gasteiger charge is 2.06. The van der Waals surface area contributed by atoms with Crippen LogP contribution < -0.4 is 5.32 Å². The molecule has 0 aliphatic heterocycles. The minimum absolute atomic E-state index is 0.935. The normalized spacial score (nSPS) is 11.2. The molecule has 2 aromatic carbocycles. The Morgan fingerprint density at radius 3 is 2.77 bits per heavy atom. The Labute approximate surface area is 132 Å². The maximum atomic E-state index is 4.71. The second kappa shape index (κ2) is 6.75. The highest BCUT2D eigenvalue weighted by molar-refractivity contribution is 5.75. The van der Waals surface area contributed by atoms with Gasteiger partial charge in [-0.05, 0) is 37.6 Å². The lowest BCUT2D eigenvalue weighted by Crippen LogP contribution is -2.16. The average molecular weight is 293 g/mol. The first-order chi connectivity index (χ1) is 10.7. The molecule has 1 aromatic heterocycles. The Morgan fingerprint density at radius 1 is 1.09 bits per heavy atom. The Bertz CT molecular complexity index is 758. The molecule has 0 aliphatic rings. The van der Waals surface area contributed by atoms with Crippen LogP contribution in [0.4, 0.5) is 0 Å². The first-order valence-electron chi connectivity index (χ1n) is 7.90. The number of hydrogen-bond acceptors (Lipinski definition) is 2. The molecule has 0 atom stereocenters. The van der Waals surface area contributed by atoms with Crippen LogP contribution in [0.2, 0.25) is 0 Å². The molecule has 0 saturated heterocycles. The molecular formula is C19H23N3. The summed E-state index contributed by atoms with van der Waals surface area (Å²) in [5.41, 5.74) is 4.97. The number of aryl methyl sites for hydroxylation is 3. The van der Waals surface area contributed by atoms with Crippen molar-refractivity contribution < 1.29 is 0 Å². The predicted molar refractivity (Wildman–Crippen MR) is 91.9 cm³/mol. The predicted octanol–water partition coefficient (Wildman–Crippen LogP) is 3.60. The third-order valence-corrected chi connectivity index (χ3v) is 4.05. The van der Waals surface area contributed by atoms with Gasteiger partial charge in [0.05, 0.1) is 11.0 Å². The van der Waals surface area contributed by atoms with Gasteiger partial charge in [0.1, 0.15) is 5.82 Å². The van der Waals surface area contributed by atoms with E-state index in [-0.39, 0.29) is 0 Å². The first kappa shape index (κ1) is 14.8. The Hall–Kier alpha value is -2.13. The van der Waals surface area contributed by atoms with Crippen LogP contribution in [0.5, 0.6) is 0 Å². The van der Waals surface area contributed by atoms with E-state index in [1.54, 1.807) is 0 Å². The van der Waals surface area contributed by atoms with Crippen LogP contribution >= 0.6 is 0 Å². The van der Waals surface area contributed by atoms with E-state index in [0.717, 1.165) is 31.4 Å². The minimum atomic E-state index is 0.935. The fraction of sp³-hybridized carbons (Fsp3) is 0.316. The van der Waals surface area contributed by atoms with E-state index in [1.165, 1.54) is 22.5 Å². The van der Waals surface area contributed by atoms with Crippen LogP contribution in [0.1, 0.15) is 23.4 Å². The van der Waals surface area contributed by atoms with Gasteiger partial charge in [-0.1, -0.05) is 42.0 Å². The van der Waals surface area contributed by atoms with Gasteiger partial charge in [-0.2, -0.15) is 0 Å². The summed E-state index contributed by atoms with van der Waals surface area (Å²) in [6.45, 7) is 4.08. The van der Waals surface area contributed by atoms with Gasteiger partial charge in [0.15, 0.2) is 0 Å². The number of imidazole rings is 1. The molecule has 0 spiro atoms. The number of benzene rings is 2. The van der Waals surface area contributed by atoms with Crippen LogP contribution in [-0.2, 0) is 20.0 Å². The number of para-hydroxylation sites is 2. The fourth-order valence-electron chi connectivity index (χ4n) is 2.85. The number of fused-ring (bicyclic) bond motifs is 1. The highest BCUT2D eigenvalue weighted by Crippen LogP contribution is 2.15. The van der Waals surface area contributed by atoms with E-state index >= 15 is 0 Å². The van der Waals surface area contributed by atoms with E-state index in [0.29, 0.717) is 0 Å². The van der Waals surface area contributed by atoms with Gasteiger partial charge in [-0.25, -0.2) is 4.98 Å². The zero-order valence-corrected chi connectivity index (χ0v) is 13.3. The summed E-state index contributed by atoms with van der Waals surface area (Å²) in [6.07, 6.45) is 2.11. The average Bonchev–Trinajstić information content (AvgIpc) is 2.84. The number of rotatable bonds is 6. The van der Waals surface area contributed by atoms with Crippen molar-refractivity contribution in [2.45, 2.75) is 26.3 Å². The molecule has 3 rings (SSSR count). The molecule has 22 heavy (non-hydrogen) atoms. The van der Waals surface area contributed by atoms with E-state index in [9.17, 15) is 0 Å². The topological polar surface area (TPSA) is 29.9 Å². The molecule has 114 valence electrons. The van der Waals surface area contributed by atoms with Gasteiger partial charge < -0.3 is 9.88 Å². The summed E-state index contributed by atoms with van der Waals surface area (Å²) in [4.78, 5) is 4.71. The fourth-order valence-corrected chi connectivity index (χ4v) is 2.85. The van der Waals surface area contributed by atoms with E-state index < -0.39 is 0 Å². The summed E-state index contributed by atoms with van der Waals surface area (Å²) >= 11 is 0. The second-order valence-corrected chi connectivity index (χ2v) is 5.85. The summed E-state index contributed by atoms with van der Waals surface area (Å²) in [5.74, 6) is 1.17. The van der Waals surface area contributed by atoms with Gasteiger partial charge in [0, 0.05) is 20.0 Å². The van der Waals surface area contributed by atoms with Crippen molar-refractivity contribution in [2.75, 3.05) is 6.54 Å². The van der Waals surface area contributed by atoms with Gasteiger partial charge >= 0.3 is 0 Å². The molecule has 1 N–H and O–H groups in total. The molecule has 0 aliphatic carbocycles. The van der Waals surface area contributed by atoms with Crippen LogP contribution in [0.25, 0.3) is 11.0 Å². The maximum absolute atomic E-state index is 4.71. The minimum Gasteiger partial charge on any atom is -0.331 e. The van der Waals surface area contributed by atoms with Crippen molar-refractivity contribution in [2.24, 2.45) is 7.05 Å². The molecule has 0 unspecified atom stereocenters. The number of nitrogens with zero attached hydrogens (tertiary/aromatic N) is 2. The summed E-state index contributed by atoms with van der Waals surface area (Å²) in [5, 5.41) is 3.52. The van der Waals surface area contributed by atoms with Gasteiger partial charge in [0.25, 0.3) is 0 Å². The lowest BCUT2D eigenvalue weighted by molar-refractivity contribution is 0.631. The number of nitrogens with one attached hydrogen (secondary N) is 1. The standard InChI is InChI=1S/C19H23N3/c1-15-7-5-8-16(13-15)14-20-12-6-11-19-21-17-9-3-4-10-18(17)22(19)2/h3-5,7-10,13,20H,6,11-12,14H2,1-2H3. The molecule has 0 fully saturated rings. The monoisotopic (exact) mass is 293 g/mol. The van der Waals surface area contributed by atoms with Crippen molar-refractivity contribution in [1.29, 1.82) is 0 Å². The molecule has 0 bridgehead atoms. The molecule has 0 amide bonds. The van der Waals surface area contributed by atoms with E-state index in [4.69, 9.17) is 4.98 Å². The highest BCUT2D eigenvalue weighted by atomic mass is 15.1. The van der Waals surface area contributed by atoms with Crippen molar-refractivity contribution in [1.82, 2.24) is 14.9 Å². The second-order valence-electron chi connectivity index (χ2n) is 5.85. The van der Waals surface area contributed by atoms with Gasteiger partial charge in [-0.3, -0.25) is 0 Å². The zero-order valence-electron chi connectivity index (χ0n) is 13.3. The third kappa shape index (κ3) is 3.37. The molecule has 0 radical (unpaired) electrons. The number of aromatic nitrogens is 2. The van der Waals surface area contributed by atoms with Gasteiger partial charge in [-0.15, -0.1) is 0 Å². The molecule has 1 heterocycles. The molecule has 0 saturated carbocycles. The van der Waals surface area contributed by atoms with E-state index in [2.05, 4.69) is 66.3 Å². The summed E-state index contributed by atoms with van der Waals surface area (Å²) in [7, 11) is 2.10. The Kier molecular flexibility index (Phi) is 4.54. The maximum Gasteiger partial charge on any atom is 0.109 e. The van der Waals surface area contributed by atoms with Crippen LogP contribution in [-0.4, -0.2) is 16.1 Å². The van der Waals surface area contributed by atoms with Crippen molar-refractivity contribution in [3.8, 4) is 0 Å². The van der Waals surface area contributed by atoms with Crippen molar-refractivity contribution >= 4 is 11.0 Å². The quantitative estimate of drug-likeness (QED) is 0.704. The van der Waals surface area contributed by atoms with Crippen LogP contribution in [0.3, 0.4) is 0 Å². The largest absolute Gasteiger partial charge is 0.331 e. The van der Waals surface area contributed by atoms with Crippen LogP contribution in [0, 0.1) is 6.92 Å².